The van der Waals surface area contributed by atoms with Crippen LogP contribution in [0.25, 0.3) is 0 Å². The summed E-state index contributed by atoms with van der Waals surface area (Å²) in [5.41, 5.74) is 3.41. The highest BCUT2D eigenvalue weighted by molar-refractivity contribution is 9.10. The minimum atomic E-state index is -0.262. The molecule has 0 N–H and O–H groups in total. The fraction of sp³-hybridized carbons (Fsp3) is 0.500. The lowest BCUT2D eigenvalue weighted by Crippen LogP contribution is -2.33. The van der Waals surface area contributed by atoms with Crippen LogP contribution < -0.4 is 0 Å². The third kappa shape index (κ3) is 7.19. The maximum atomic E-state index is 5.87. The van der Waals surface area contributed by atoms with Crippen LogP contribution in [0.3, 0.4) is 0 Å². The van der Waals surface area contributed by atoms with Crippen molar-refractivity contribution in [3.05, 3.63) is 70.3 Å². The van der Waals surface area contributed by atoms with Crippen molar-refractivity contribution in [2.45, 2.75) is 24.7 Å². The van der Waals surface area contributed by atoms with Crippen molar-refractivity contribution in [1.29, 1.82) is 0 Å². The van der Waals surface area contributed by atoms with Crippen LogP contribution in [0.5, 0.6) is 0 Å². The topological polar surface area (TPSA) is 36.9 Å². The molecule has 1 aliphatic carbocycles. The molecule has 0 heterocycles. The van der Waals surface area contributed by atoms with Gasteiger partial charge < -0.3 is 18.9 Å². The maximum Gasteiger partial charge on any atom is 0.0700 e. The normalized spacial score (nSPS) is 17.8. The molecule has 0 saturated carbocycles. The van der Waals surface area contributed by atoms with Crippen LogP contribution in [-0.2, 0) is 30.8 Å². The average molecular weight is 465 g/mol. The SMILES string of the molecule is C=C1/C=C\C=C/Cc2ccc(Br)cc2C1(CCOCCOC)CCOCCOC. The second kappa shape index (κ2) is 13.1. The van der Waals surface area contributed by atoms with Crippen molar-refractivity contribution < 1.29 is 18.9 Å². The Morgan fingerprint density at radius 3 is 2.21 bits per heavy atom. The van der Waals surface area contributed by atoms with Crippen molar-refractivity contribution in [3.8, 4) is 0 Å². The molecule has 0 amide bonds. The Balaban J connectivity index is 2.34. The van der Waals surface area contributed by atoms with Crippen LogP contribution in [0, 0.1) is 0 Å². The van der Waals surface area contributed by atoms with Gasteiger partial charge in [0.05, 0.1) is 26.4 Å². The lowest BCUT2D eigenvalue weighted by molar-refractivity contribution is 0.0485. The van der Waals surface area contributed by atoms with Crippen molar-refractivity contribution in [3.63, 3.8) is 0 Å². The van der Waals surface area contributed by atoms with E-state index >= 15 is 0 Å². The molecule has 1 aromatic rings. The van der Waals surface area contributed by atoms with E-state index in [-0.39, 0.29) is 5.41 Å². The van der Waals surface area contributed by atoms with E-state index in [0.717, 1.165) is 29.3 Å². The van der Waals surface area contributed by atoms with E-state index in [4.69, 9.17) is 18.9 Å². The van der Waals surface area contributed by atoms with Gasteiger partial charge in [0, 0.05) is 37.3 Å². The third-order valence-corrected chi connectivity index (χ3v) is 5.79. The number of hydrogen-bond acceptors (Lipinski definition) is 4. The molecule has 0 radical (unpaired) electrons. The molecule has 160 valence electrons. The van der Waals surface area contributed by atoms with Crippen molar-refractivity contribution in [1.82, 2.24) is 0 Å². The fourth-order valence-corrected chi connectivity index (χ4v) is 4.01. The molecule has 0 bridgehead atoms. The molecule has 5 heteroatoms. The van der Waals surface area contributed by atoms with Gasteiger partial charge in [0.15, 0.2) is 0 Å². The molecule has 0 spiro atoms. The van der Waals surface area contributed by atoms with Gasteiger partial charge in [-0.3, -0.25) is 0 Å². The second-order valence-electron chi connectivity index (χ2n) is 7.11. The molecule has 29 heavy (non-hydrogen) atoms. The molecule has 0 saturated heterocycles. The fourth-order valence-electron chi connectivity index (χ4n) is 3.65. The number of methoxy groups -OCH3 is 2. The summed E-state index contributed by atoms with van der Waals surface area (Å²) < 4.78 is 23.0. The number of allylic oxidation sites excluding steroid dienone is 5. The zero-order valence-corrected chi connectivity index (χ0v) is 19.2. The van der Waals surface area contributed by atoms with E-state index in [0.29, 0.717) is 39.6 Å². The van der Waals surface area contributed by atoms with Crippen LogP contribution >= 0.6 is 15.9 Å². The van der Waals surface area contributed by atoms with Gasteiger partial charge in [0.1, 0.15) is 0 Å². The van der Waals surface area contributed by atoms with Crippen LogP contribution in [0.2, 0.25) is 0 Å². The zero-order valence-electron chi connectivity index (χ0n) is 17.6. The highest BCUT2D eigenvalue weighted by atomic mass is 79.9. The van der Waals surface area contributed by atoms with Gasteiger partial charge in [0.2, 0.25) is 0 Å². The largest absolute Gasteiger partial charge is 0.382 e. The van der Waals surface area contributed by atoms with Crippen LogP contribution in [0.1, 0.15) is 24.0 Å². The van der Waals surface area contributed by atoms with Gasteiger partial charge in [-0.1, -0.05) is 52.9 Å². The van der Waals surface area contributed by atoms with Crippen LogP contribution in [0.4, 0.5) is 0 Å². The van der Waals surface area contributed by atoms with Crippen LogP contribution in [-0.4, -0.2) is 53.9 Å². The Kier molecular flexibility index (Phi) is 10.9. The van der Waals surface area contributed by atoms with Gasteiger partial charge in [-0.2, -0.15) is 0 Å². The van der Waals surface area contributed by atoms with Gasteiger partial charge in [0.25, 0.3) is 0 Å². The Labute approximate surface area is 183 Å². The Hall–Kier alpha value is -1.24. The highest BCUT2D eigenvalue weighted by Crippen LogP contribution is 2.42. The molecular formula is C24H33BrO4. The van der Waals surface area contributed by atoms with E-state index in [1.54, 1.807) is 14.2 Å². The van der Waals surface area contributed by atoms with E-state index in [1.807, 2.05) is 0 Å². The molecule has 4 nitrogen and oxygen atoms in total. The standard InChI is InChI=1S/C24H33BrO4/c1-20-7-5-4-6-8-21-9-10-22(25)19-23(21)24(20,11-13-28-17-15-26-2)12-14-29-18-16-27-3/h4-7,9-10,19H,1,8,11-18H2,2-3H3/b6-4-,7-5-. The zero-order chi connectivity index (χ0) is 21.0. The third-order valence-electron chi connectivity index (χ3n) is 5.29. The first-order valence-electron chi connectivity index (χ1n) is 10.1. The van der Waals surface area contributed by atoms with E-state index in [1.165, 1.54) is 11.1 Å². The first-order valence-corrected chi connectivity index (χ1v) is 10.9. The molecule has 0 atom stereocenters. The number of rotatable bonds is 12. The smallest absolute Gasteiger partial charge is 0.0700 e. The molecule has 0 aromatic heterocycles. The summed E-state index contributed by atoms with van der Waals surface area (Å²) in [7, 11) is 3.38. The Bertz CT molecular complexity index is 682. The highest BCUT2D eigenvalue weighted by Gasteiger charge is 2.36. The molecule has 0 unspecified atom stereocenters. The first kappa shape index (κ1) is 24.0. The minimum absolute atomic E-state index is 0.262. The summed E-state index contributed by atoms with van der Waals surface area (Å²) in [6, 6.07) is 6.54. The van der Waals surface area contributed by atoms with Crippen molar-refractivity contribution in [2.24, 2.45) is 0 Å². The molecular weight excluding hydrogens is 432 g/mol. The van der Waals surface area contributed by atoms with Gasteiger partial charge in [-0.05, 0) is 48.1 Å². The summed E-state index contributed by atoms with van der Waals surface area (Å²) in [4.78, 5) is 0. The molecule has 1 aromatic carbocycles. The molecule has 2 rings (SSSR count). The number of ether oxygens (including phenoxy) is 4. The number of hydrogen-bond donors (Lipinski definition) is 0. The molecule has 1 aliphatic rings. The Morgan fingerprint density at radius 2 is 1.59 bits per heavy atom. The first-order chi connectivity index (χ1) is 14.1. The Morgan fingerprint density at radius 1 is 0.931 bits per heavy atom. The van der Waals surface area contributed by atoms with Crippen molar-refractivity contribution >= 4 is 15.9 Å². The number of fused-ring (bicyclic) bond motifs is 1. The monoisotopic (exact) mass is 464 g/mol. The number of halogens is 1. The van der Waals surface area contributed by atoms with E-state index < -0.39 is 0 Å². The lowest BCUT2D eigenvalue weighted by atomic mass is 9.68. The summed E-state index contributed by atoms with van der Waals surface area (Å²) in [5.74, 6) is 0. The summed E-state index contributed by atoms with van der Waals surface area (Å²) in [5, 5.41) is 0. The predicted molar refractivity (Wildman–Crippen MR) is 122 cm³/mol. The maximum absolute atomic E-state index is 5.87. The summed E-state index contributed by atoms with van der Waals surface area (Å²) in [6.45, 7) is 8.11. The average Bonchev–Trinajstić information content (AvgIpc) is 2.77. The predicted octanol–water partition coefficient (Wildman–Crippen LogP) is 5.02. The minimum Gasteiger partial charge on any atom is -0.382 e. The van der Waals surface area contributed by atoms with E-state index in [9.17, 15) is 0 Å². The summed E-state index contributed by atoms with van der Waals surface area (Å²) >= 11 is 3.67. The lowest BCUT2D eigenvalue weighted by Gasteiger charge is -2.37. The number of benzene rings is 1. The van der Waals surface area contributed by atoms with Gasteiger partial charge >= 0.3 is 0 Å². The van der Waals surface area contributed by atoms with Crippen LogP contribution in [0.15, 0.2) is 59.1 Å². The summed E-state index contributed by atoms with van der Waals surface area (Å²) in [6.07, 6.45) is 11.0. The molecule has 0 fully saturated rings. The van der Waals surface area contributed by atoms with Gasteiger partial charge in [-0.15, -0.1) is 0 Å². The molecule has 0 aliphatic heterocycles. The second-order valence-corrected chi connectivity index (χ2v) is 8.03. The van der Waals surface area contributed by atoms with Gasteiger partial charge in [-0.25, -0.2) is 0 Å². The quantitative estimate of drug-likeness (QED) is 0.407. The van der Waals surface area contributed by atoms with E-state index in [2.05, 4.69) is 65.0 Å². The van der Waals surface area contributed by atoms with Crippen molar-refractivity contribution in [2.75, 3.05) is 53.9 Å².